The van der Waals surface area contributed by atoms with E-state index < -0.39 is 9.84 Å². The monoisotopic (exact) mass is 296 g/mol. The van der Waals surface area contributed by atoms with Gasteiger partial charge in [-0.2, -0.15) is 5.26 Å². The number of hydrogen-bond acceptors (Lipinski definition) is 5. The number of hydrogen-bond donors (Lipinski definition) is 1. The van der Waals surface area contributed by atoms with E-state index in [2.05, 4.69) is 5.32 Å². The average molecular weight is 296 g/mol. The molecule has 0 radical (unpaired) electrons. The van der Waals surface area contributed by atoms with Crippen molar-refractivity contribution in [3.05, 3.63) is 29.8 Å². The minimum Gasteiger partial charge on any atom is -0.479 e. The van der Waals surface area contributed by atoms with Gasteiger partial charge in [0.05, 0.1) is 5.75 Å². The second-order valence-electron chi connectivity index (χ2n) is 4.90. The van der Waals surface area contributed by atoms with E-state index in [0.717, 1.165) is 5.56 Å². The van der Waals surface area contributed by atoms with Crippen LogP contribution in [-0.2, 0) is 9.84 Å². The van der Waals surface area contributed by atoms with Gasteiger partial charge in [-0.25, -0.2) is 8.42 Å². The van der Waals surface area contributed by atoms with Crippen LogP contribution in [0.5, 0.6) is 5.75 Å². The molecular formula is C14H20N2O3S. The zero-order chi connectivity index (χ0) is 15.2. The molecule has 0 saturated heterocycles. The third kappa shape index (κ3) is 6.04. The molecule has 2 unspecified atom stereocenters. The molecule has 0 fully saturated rings. The Morgan fingerprint density at radius 2 is 1.90 bits per heavy atom. The maximum absolute atomic E-state index is 11.2. The molecule has 110 valence electrons. The van der Waals surface area contributed by atoms with Crippen molar-refractivity contribution in [1.82, 2.24) is 5.32 Å². The molecule has 0 aliphatic heterocycles. The molecule has 0 aromatic heterocycles. The Balaban J connectivity index is 2.59. The van der Waals surface area contributed by atoms with Crippen molar-refractivity contribution in [2.24, 2.45) is 0 Å². The van der Waals surface area contributed by atoms with Crippen LogP contribution in [0.1, 0.15) is 25.5 Å². The van der Waals surface area contributed by atoms with Gasteiger partial charge < -0.3 is 10.1 Å². The summed E-state index contributed by atoms with van der Waals surface area (Å²) in [6, 6.07) is 9.23. The van der Waals surface area contributed by atoms with E-state index in [4.69, 9.17) is 10.00 Å². The predicted molar refractivity (Wildman–Crippen MR) is 78.3 cm³/mol. The third-order valence-electron chi connectivity index (χ3n) is 2.77. The lowest BCUT2D eigenvalue weighted by Crippen LogP contribution is -2.34. The fraction of sp³-hybridized carbons (Fsp3) is 0.500. The van der Waals surface area contributed by atoms with Crippen LogP contribution in [0, 0.1) is 11.3 Å². The molecule has 1 aromatic carbocycles. The van der Waals surface area contributed by atoms with Gasteiger partial charge in [0.15, 0.2) is 6.61 Å². The van der Waals surface area contributed by atoms with Gasteiger partial charge in [0.2, 0.25) is 0 Å². The molecule has 1 aromatic rings. The van der Waals surface area contributed by atoms with E-state index in [1.165, 1.54) is 6.26 Å². The van der Waals surface area contributed by atoms with E-state index in [1.807, 2.05) is 32.0 Å². The summed E-state index contributed by atoms with van der Waals surface area (Å²) in [4.78, 5) is 0. The number of nitrogens with zero attached hydrogens (tertiary/aromatic N) is 1. The smallest absolute Gasteiger partial charge is 0.174 e. The van der Waals surface area contributed by atoms with Gasteiger partial charge in [-0.05, 0) is 31.5 Å². The molecule has 0 aliphatic carbocycles. The molecule has 1 N–H and O–H groups in total. The Bertz CT molecular complexity index is 561. The molecular weight excluding hydrogens is 276 g/mol. The van der Waals surface area contributed by atoms with Crippen molar-refractivity contribution in [3.63, 3.8) is 0 Å². The number of nitrogens with one attached hydrogen (secondary N) is 1. The van der Waals surface area contributed by atoms with Crippen molar-refractivity contribution in [2.45, 2.75) is 25.9 Å². The van der Waals surface area contributed by atoms with Crippen LogP contribution in [0.4, 0.5) is 0 Å². The Morgan fingerprint density at radius 3 is 2.40 bits per heavy atom. The van der Waals surface area contributed by atoms with Crippen LogP contribution < -0.4 is 10.1 Å². The van der Waals surface area contributed by atoms with Crippen LogP contribution in [0.15, 0.2) is 24.3 Å². The summed E-state index contributed by atoms with van der Waals surface area (Å²) in [5, 5.41) is 11.7. The van der Waals surface area contributed by atoms with Crippen molar-refractivity contribution >= 4 is 9.84 Å². The molecule has 0 heterocycles. The van der Waals surface area contributed by atoms with Crippen molar-refractivity contribution < 1.29 is 13.2 Å². The summed E-state index contributed by atoms with van der Waals surface area (Å²) in [7, 11) is -2.98. The highest BCUT2D eigenvalue weighted by Crippen LogP contribution is 2.18. The van der Waals surface area contributed by atoms with Crippen LogP contribution in [-0.4, -0.2) is 33.1 Å². The predicted octanol–water partition coefficient (Wildman–Crippen LogP) is 1.67. The second kappa shape index (κ2) is 7.27. The lowest BCUT2D eigenvalue weighted by atomic mass is 10.1. The van der Waals surface area contributed by atoms with E-state index in [1.54, 1.807) is 12.1 Å². The topological polar surface area (TPSA) is 79.2 Å². The molecule has 0 bridgehead atoms. The molecule has 2 atom stereocenters. The maximum Gasteiger partial charge on any atom is 0.174 e. The van der Waals surface area contributed by atoms with E-state index >= 15 is 0 Å². The molecule has 0 saturated carbocycles. The number of ether oxygens (including phenoxy) is 1. The summed E-state index contributed by atoms with van der Waals surface area (Å²) in [6.45, 7) is 3.85. The second-order valence-corrected chi connectivity index (χ2v) is 7.08. The van der Waals surface area contributed by atoms with Gasteiger partial charge in [0, 0.05) is 18.3 Å². The number of nitriles is 1. The van der Waals surface area contributed by atoms with Gasteiger partial charge in [-0.15, -0.1) is 0 Å². The highest BCUT2D eigenvalue weighted by molar-refractivity contribution is 7.90. The van der Waals surface area contributed by atoms with Gasteiger partial charge in [-0.3, -0.25) is 0 Å². The largest absolute Gasteiger partial charge is 0.479 e. The fourth-order valence-electron chi connectivity index (χ4n) is 1.99. The molecule has 0 aliphatic rings. The van der Waals surface area contributed by atoms with Gasteiger partial charge in [0.25, 0.3) is 0 Å². The van der Waals surface area contributed by atoms with Crippen molar-refractivity contribution in [2.75, 3.05) is 18.6 Å². The molecule has 5 nitrogen and oxygen atoms in total. The first kappa shape index (κ1) is 16.5. The lowest BCUT2D eigenvalue weighted by Gasteiger charge is -2.20. The zero-order valence-electron chi connectivity index (χ0n) is 12.0. The number of rotatable bonds is 7. The Labute approximate surface area is 120 Å². The SMILES string of the molecule is CC(CS(C)(=O)=O)NC(C)c1ccc(OCC#N)cc1. The maximum atomic E-state index is 11.2. The van der Waals surface area contributed by atoms with E-state index in [-0.39, 0.29) is 24.4 Å². The molecule has 0 spiro atoms. The summed E-state index contributed by atoms with van der Waals surface area (Å²) in [5.74, 6) is 0.757. The van der Waals surface area contributed by atoms with Crippen molar-refractivity contribution in [3.8, 4) is 11.8 Å². The van der Waals surface area contributed by atoms with Gasteiger partial charge >= 0.3 is 0 Å². The first-order valence-electron chi connectivity index (χ1n) is 6.35. The molecule has 6 heteroatoms. The third-order valence-corrected chi connectivity index (χ3v) is 3.88. The van der Waals surface area contributed by atoms with Crippen molar-refractivity contribution in [1.29, 1.82) is 5.26 Å². The summed E-state index contributed by atoms with van der Waals surface area (Å²) in [5.41, 5.74) is 1.04. The van der Waals surface area contributed by atoms with Crippen LogP contribution in [0.3, 0.4) is 0 Å². The molecule has 1 rings (SSSR count). The highest BCUT2D eigenvalue weighted by atomic mass is 32.2. The minimum absolute atomic E-state index is 0.0263. The summed E-state index contributed by atoms with van der Waals surface area (Å²) in [6.07, 6.45) is 1.23. The number of benzene rings is 1. The normalized spacial score (nSPS) is 14.3. The summed E-state index contributed by atoms with van der Waals surface area (Å²) < 4.78 is 27.6. The first-order chi connectivity index (χ1) is 9.31. The van der Waals surface area contributed by atoms with Gasteiger partial charge in [0.1, 0.15) is 21.7 Å². The van der Waals surface area contributed by atoms with Crippen LogP contribution in [0.2, 0.25) is 0 Å². The Kier molecular flexibility index (Phi) is 5.99. The summed E-state index contributed by atoms with van der Waals surface area (Å²) >= 11 is 0. The molecule has 0 amide bonds. The van der Waals surface area contributed by atoms with E-state index in [0.29, 0.717) is 5.75 Å². The Hall–Kier alpha value is -1.58. The molecule has 20 heavy (non-hydrogen) atoms. The minimum atomic E-state index is -2.98. The van der Waals surface area contributed by atoms with Gasteiger partial charge in [-0.1, -0.05) is 12.1 Å². The lowest BCUT2D eigenvalue weighted by molar-refractivity contribution is 0.368. The first-order valence-corrected chi connectivity index (χ1v) is 8.41. The van der Waals surface area contributed by atoms with Crippen LogP contribution >= 0.6 is 0 Å². The average Bonchev–Trinajstić information content (AvgIpc) is 2.34. The fourth-order valence-corrected chi connectivity index (χ4v) is 3.00. The van der Waals surface area contributed by atoms with Crippen LogP contribution in [0.25, 0.3) is 0 Å². The van der Waals surface area contributed by atoms with E-state index in [9.17, 15) is 8.42 Å². The Morgan fingerprint density at radius 1 is 1.30 bits per heavy atom. The quantitative estimate of drug-likeness (QED) is 0.828. The zero-order valence-corrected chi connectivity index (χ0v) is 12.8. The highest BCUT2D eigenvalue weighted by Gasteiger charge is 2.14. The number of sulfone groups is 1. The standard InChI is InChI=1S/C14H20N2O3S/c1-11(10-20(3,17)18)16-12(2)13-4-6-14(7-5-13)19-9-8-15/h4-7,11-12,16H,9-10H2,1-3H3.